The second-order valence-electron chi connectivity index (χ2n) is 6.42. The second-order valence-corrected chi connectivity index (χ2v) is 7.79. The van der Waals surface area contributed by atoms with Gasteiger partial charge in [0, 0.05) is 11.6 Å². The van der Waals surface area contributed by atoms with E-state index in [1.165, 1.54) is 11.8 Å². The van der Waals surface area contributed by atoms with Crippen molar-refractivity contribution in [2.24, 2.45) is 0 Å². The predicted molar refractivity (Wildman–Crippen MR) is 103 cm³/mol. The number of ether oxygens (including phenoxy) is 2. The number of allylic oxidation sites excluding steroid dienone is 1. The number of esters is 1. The highest BCUT2D eigenvalue weighted by Gasteiger charge is 2.18. The van der Waals surface area contributed by atoms with Gasteiger partial charge in [0.2, 0.25) is 0 Å². The van der Waals surface area contributed by atoms with Gasteiger partial charge in [0.1, 0.15) is 18.0 Å². The number of benzene rings is 1. The molecule has 0 amide bonds. The van der Waals surface area contributed by atoms with Crippen molar-refractivity contribution < 1.29 is 14.3 Å². The average molecular weight is 396 g/mol. The fourth-order valence-electron chi connectivity index (χ4n) is 2.02. The third kappa shape index (κ3) is 6.38. The third-order valence-corrected chi connectivity index (χ3v) is 4.22. The van der Waals surface area contributed by atoms with Gasteiger partial charge >= 0.3 is 5.97 Å². The molecular formula is C18H22ClN3O3S. The summed E-state index contributed by atoms with van der Waals surface area (Å²) in [5, 5.41) is 9.57. The van der Waals surface area contributed by atoms with Crippen LogP contribution in [0.25, 0.3) is 0 Å². The monoisotopic (exact) mass is 395 g/mol. The van der Waals surface area contributed by atoms with Crippen LogP contribution in [0.15, 0.2) is 42.1 Å². The molecule has 1 heterocycles. The quantitative estimate of drug-likeness (QED) is 0.380. The van der Waals surface area contributed by atoms with Crippen LogP contribution in [0.2, 0.25) is 5.02 Å². The van der Waals surface area contributed by atoms with E-state index in [2.05, 4.69) is 16.8 Å². The molecule has 0 fully saturated rings. The zero-order chi connectivity index (χ0) is 19.2. The van der Waals surface area contributed by atoms with Crippen LogP contribution in [0.1, 0.15) is 26.6 Å². The average Bonchev–Trinajstić information content (AvgIpc) is 2.93. The Bertz CT molecular complexity index is 754. The molecule has 2 rings (SSSR count). The lowest BCUT2D eigenvalue weighted by molar-refractivity contribution is -0.151. The molecule has 0 aliphatic carbocycles. The van der Waals surface area contributed by atoms with Crippen LogP contribution in [0, 0.1) is 0 Å². The highest BCUT2D eigenvalue weighted by atomic mass is 35.5. The maximum atomic E-state index is 11.9. The fraction of sp³-hybridized carbons (Fsp3) is 0.389. The van der Waals surface area contributed by atoms with Crippen molar-refractivity contribution in [3.8, 4) is 5.75 Å². The molecule has 0 unspecified atom stereocenters. The van der Waals surface area contributed by atoms with Crippen molar-refractivity contribution in [2.75, 3.05) is 5.75 Å². The van der Waals surface area contributed by atoms with Crippen molar-refractivity contribution in [2.45, 2.75) is 44.7 Å². The van der Waals surface area contributed by atoms with Gasteiger partial charge in [0.05, 0.1) is 5.75 Å². The molecule has 0 aliphatic heterocycles. The molecule has 0 radical (unpaired) electrons. The first kappa shape index (κ1) is 20.3. The Balaban J connectivity index is 2.01. The number of rotatable bonds is 8. The van der Waals surface area contributed by atoms with Crippen LogP contribution < -0.4 is 4.74 Å². The van der Waals surface area contributed by atoms with Crippen LogP contribution in [-0.4, -0.2) is 32.1 Å². The van der Waals surface area contributed by atoms with E-state index in [-0.39, 0.29) is 18.3 Å². The minimum atomic E-state index is -0.510. The normalized spacial score (nSPS) is 11.2. The maximum Gasteiger partial charge on any atom is 0.316 e. The summed E-state index contributed by atoms with van der Waals surface area (Å²) in [6, 6.07) is 7.09. The molecule has 0 N–H and O–H groups in total. The van der Waals surface area contributed by atoms with Crippen molar-refractivity contribution in [3.05, 3.63) is 47.8 Å². The number of hydrogen-bond acceptors (Lipinski definition) is 6. The smallest absolute Gasteiger partial charge is 0.316 e. The van der Waals surface area contributed by atoms with Crippen LogP contribution in [0.4, 0.5) is 0 Å². The first-order valence-corrected chi connectivity index (χ1v) is 9.41. The van der Waals surface area contributed by atoms with Crippen molar-refractivity contribution in [3.63, 3.8) is 0 Å². The molecule has 26 heavy (non-hydrogen) atoms. The summed E-state index contributed by atoms with van der Waals surface area (Å²) < 4.78 is 12.9. The van der Waals surface area contributed by atoms with E-state index in [0.717, 1.165) is 0 Å². The van der Waals surface area contributed by atoms with Crippen LogP contribution in [0.5, 0.6) is 5.75 Å². The number of aromatic nitrogens is 3. The van der Waals surface area contributed by atoms with E-state index in [4.69, 9.17) is 21.1 Å². The van der Waals surface area contributed by atoms with E-state index in [0.29, 0.717) is 28.3 Å². The summed E-state index contributed by atoms with van der Waals surface area (Å²) in [4.78, 5) is 11.9. The molecule has 1 aromatic carbocycles. The molecular weight excluding hydrogens is 374 g/mol. The van der Waals surface area contributed by atoms with Gasteiger partial charge in [-0.05, 0) is 45.0 Å². The topological polar surface area (TPSA) is 66.2 Å². The zero-order valence-corrected chi connectivity index (χ0v) is 16.6. The Morgan fingerprint density at radius 1 is 1.31 bits per heavy atom. The molecule has 0 bridgehead atoms. The Hall–Kier alpha value is -1.99. The highest BCUT2D eigenvalue weighted by Crippen LogP contribution is 2.21. The molecule has 8 heteroatoms. The SMILES string of the molecule is C=CCn1c(COc2ccc(Cl)cc2)nnc1SCC(=O)OC(C)(C)C. The number of carbonyl (C=O) groups excluding carboxylic acids is 1. The Kier molecular flexibility index (Phi) is 7.11. The fourth-order valence-corrected chi connectivity index (χ4v) is 2.88. The lowest BCUT2D eigenvalue weighted by Crippen LogP contribution is -2.25. The van der Waals surface area contributed by atoms with Gasteiger partial charge in [-0.15, -0.1) is 16.8 Å². The van der Waals surface area contributed by atoms with Gasteiger partial charge in [-0.3, -0.25) is 9.36 Å². The first-order valence-electron chi connectivity index (χ1n) is 8.04. The summed E-state index contributed by atoms with van der Waals surface area (Å²) in [5.74, 6) is 1.19. The van der Waals surface area contributed by atoms with Crippen molar-refractivity contribution >= 4 is 29.3 Å². The summed E-state index contributed by atoms with van der Waals surface area (Å²) in [6.45, 7) is 10.0. The summed E-state index contributed by atoms with van der Waals surface area (Å²) in [6.07, 6.45) is 1.74. The van der Waals surface area contributed by atoms with E-state index in [1.54, 1.807) is 30.3 Å². The minimum absolute atomic E-state index is 0.157. The molecule has 0 saturated carbocycles. The van der Waals surface area contributed by atoms with E-state index in [1.807, 2.05) is 25.3 Å². The largest absolute Gasteiger partial charge is 0.486 e. The van der Waals surface area contributed by atoms with Crippen LogP contribution in [-0.2, 0) is 22.7 Å². The van der Waals surface area contributed by atoms with Crippen molar-refractivity contribution in [1.82, 2.24) is 14.8 Å². The lowest BCUT2D eigenvalue weighted by Gasteiger charge is -2.19. The predicted octanol–water partition coefficient (Wildman–Crippen LogP) is 4.13. The Labute approximate surface area is 162 Å². The number of nitrogens with zero attached hydrogens (tertiary/aromatic N) is 3. The molecule has 140 valence electrons. The molecule has 0 aliphatic rings. The van der Waals surface area contributed by atoms with Crippen LogP contribution in [0.3, 0.4) is 0 Å². The third-order valence-electron chi connectivity index (χ3n) is 3.03. The van der Waals surface area contributed by atoms with E-state index in [9.17, 15) is 4.79 Å². The Morgan fingerprint density at radius 3 is 2.62 bits per heavy atom. The van der Waals surface area contributed by atoms with E-state index < -0.39 is 5.60 Å². The van der Waals surface area contributed by atoms with Crippen LogP contribution >= 0.6 is 23.4 Å². The molecule has 2 aromatic rings. The molecule has 0 atom stereocenters. The van der Waals surface area contributed by atoms with Gasteiger partial charge in [0.15, 0.2) is 11.0 Å². The van der Waals surface area contributed by atoms with Gasteiger partial charge in [-0.2, -0.15) is 0 Å². The molecule has 0 spiro atoms. The number of thioether (sulfide) groups is 1. The lowest BCUT2D eigenvalue weighted by atomic mass is 10.2. The molecule has 1 aromatic heterocycles. The summed E-state index contributed by atoms with van der Waals surface area (Å²) in [5.41, 5.74) is -0.510. The number of carbonyl (C=O) groups is 1. The maximum absolute atomic E-state index is 11.9. The number of halogens is 1. The molecule has 6 nitrogen and oxygen atoms in total. The molecule has 0 saturated heterocycles. The zero-order valence-electron chi connectivity index (χ0n) is 15.1. The Morgan fingerprint density at radius 2 is 2.00 bits per heavy atom. The highest BCUT2D eigenvalue weighted by molar-refractivity contribution is 7.99. The first-order chi connectivity index (χ1) is 12.3. The second kappa shape index (κ2) is 9.09. The van der Waals surface area contributed by atoms with Gasteiger partial charge in [-0.1, -0.05) is 29.4 Å². The summed E-state index contributed by atoms with van der Waals surface area (Å²) >= 11 is 7.14. The van der Waals surface area contributed by atoms with Gasteiger partial charge < -0.3 is 9.47 Å². The van der Waals surface area contributed by atoms with Gasteiger partial charge in [0.25, 0.3) is 0 Å². The minimum Gasteiger partial charge on any atom is -0.486 e. The standard InChI is InChI=1S/C18H22ClN3O3S/c1-5-10-22-15(11-24-14-8-6-13(19)7-9-14)20-21-17(22)26-12-16(23)25-18(2,3)4/h5-9H,1,10-12H2,2-4H3. The van der Waals surface area contributed by atoms with Crippen molar-refractivity contribution in [1.29, 1.82) is 0 Å². The van der Waals surface area contributed by atoms with E-state index >= 15 is 0 Å². The number of hydrogen-bond donors (Lipinski definition) is 0. The van der Waals surface area contributed by atoms with Gasteiger partial charge in [-0.25, -0.2) is 0 Å². The summed E-state index contributed by atoms with van der Waals surface area (Å²) in [7, 11) is 0.